The molecule has 0 radical (unpaired) electrons. The van der Waals surface area contributed by atoms with E-state index < -0.39 is 0 Å². The first-order chi connectivity index (χ1) is 10.9. The Bertz CT molecular complexity index is 587. The SMILES string of the molecule is CO[C@H](C)c1cccc(NC(=O)N[C@@H]2[C@H]3CCO[C@H]3C2(C)C)c1. The molecular formula is C18H26N2O3. The van der Waals surface area contributed by atoms with Gasteiger partial charge in [-0.05, 0) is 31.0 Å². The fourth-order valence-corrected chi connectivity index (χ4v) is 3.93. The van der Waals surface area contributed by atoms with Crippen LogP contribution in [-0.4, -0.2) is 31.9 Å². The van der Waals surface area contributed by atoms with Crippen LogP contribution in [0.15, 0.2) is 24.3 Å². The summed E-state index contributed by atoms with van der Waals surface area (Å²) in [6, 6.07) is 7.76. The number of anilines is 1. The van der Waals surface area contributed by atoms with Gasteiger partial charge in [-0.3, -0.25) is 0 Å². The van der Waals surface area contributed by atoms with Crippen molar-refractivity contribution in [2.45, 2.75) is 45.4 Å². The van der Waals surface area contributed by atoms with E-state index in [1.807, 2.05) is 31.2 Å². The molecule has 1 aliphatic carbocycles. The number of methoxy groups -OCH3 is 1. The standard InChI is InChI=1S/C18H26N2O3/c1-11(22-4)12-6-5-7-13(10-12)19-17(21)20-15-14-8-9-23-16(14)18(15,2)3/h5-7,10-11,14-16H,8-9H2,1-4H3,(H2,19,20,21)/t11-,14-,15-,16-/m1/s1. The van der Waals surface area contributed by atoms with Crippen molar-refractivity contribution in [2.24, 2.45) is 11.3 Å². The number of ether oxygens (including phenoxy) is 2. The normalized spacial score (nSPS) is 29.3. The minimum Gasteiger partial charge on any atom is -0.377 e. The number of carbonyl (C=O) groups is 1. The summed E-state index contributed by atoms with van der Waals surface area (Å²) in [5.41, 5.74) is 1.81. The number of benzene rings is 1. The van der Waals surface area contributed by atoms with Crippen LogP contribution in [0.2, 0.25) is 0 Å². The van der Waals surface area contributed by atoms with Crippen LogP contribution in [0.25, 0.3) is 0 Å². The number of fused-ring (bicyclic) bond motifs is 1. The minimum atomic E-state index is -0.157. The summed E-state index contributed by atoms with van der Waals surface area (Å²) in [5.74, 6) is 0.440. The van der Waals surface area contributed by atoms with Gasteiger partial charge in [-0.25, -0.2) is 4.79 Å². The second-order valence-electron chi connectivity index (χ2n) is 7.14. The van der Waals surface area contributed by atoms with Crippen LogP contribution in [-0.2, 0) is 9.47 Å². The molecule has 2 aliphatic rings. The Hall–Kier alpha value is -1.59. The molecule has 2 fully saturated rings. The molecule has 1 aromatic rings. The van der Waals surface area contributed by atoms with E-state index in [0.717, 1.165) is 24.3 Å². The van der Waals surface area contributed by atoms with Gasteiger partial charge in [0.1, 0.15) is 0 Å². The molecule has 1 saturated carbocycles. The Morgan fingerprint density at radius 2 is 2.22 bits per heavy atom. The summed E-state index contributed by atoms with van der Waals surface area (Å²) in [4.78, 5) is 12.3. The van der Waals surface area contributed by atoms with Gasteiger partial charge in [0.2, 0.25) is 0 Å². The molecule has 4 atom stereocenters. The zero-order valence-electron chi connectivity index (χ0n) is 14.3. The number of carbonyl (C=O) groups excluding carboxylic acids is 1. The average molecular weight is 318 g/mol. The van der Waals surface area contributed by atoms with Crippen molar-refractivity contribution in [3.8, 4) is 0 Å². The van der Waals surface area contributed by atoms with Crippen LogP contribution in [0, 0.1) is 11.3 Å². The predicted octanol–water partition coefficient (Wildman–Crippen LogP) is 3.33. The second kappa shape index (κ2) is 6.13. The molecule has 3 rings (SSSR count). The van der Waals surface area contributed by atoms with Crippen LogP contribution < -0.4 is 10.6 Å². The number of hydrogen-bond acceptors (Lipinski definition) is 3. The number of nitrogens with one attached hydrogen (secondary N) is 2. The molecule has 5 heteroatoms. The molecule has 5 nitrogen and oxygen atoms in total. The second-order valence-corrected chi connectivity index (χ2v) is 7.14. The smallest absolute Gasteiger partial charge is 0.319 e. The Kier molecular flexibility index (Phi) is 4.34. The van der Waals surface area contributed by atoms with E-state index in [-0.39, 0.29) is 29.7 Å². The van der Waals surface area contributed by atoms with Gasteiger partial charge in [0.05, 0.1) is 12.2 Å². The zero-order valence-corrected chi connectivity index (χ0v) is 14.3. The first-order valence-corrected chi connectivity index (χ1v) is 8.25. The molecule has 0 spiro atoms. The summed E-state index contributed by atoms with van der Waals surface area (Å²) in [6.45, 7) is 7.10. The quantitative estimate of drug-likeness (QED) is 0.895. The highest BCUT2D eigenvalue weighted by atomic mass is 16.5. The third-order valence-electron chi connectivity index (χ3n) is 5.35. The van der Waals surface area contributed by atoms with E-state index in [4.69, 9.17) is 9.47 Å². The molecule has 0 aromatic heterocycles. The molecule has 126 valence electrons. The number of urea groups is 1. The van der Waals surface area contributed by atoms with Gasteiger partial charge in [0.25, 0.3) is 0 Å². The molecule has 0 bridgehead atoms. The lowest BCUT2D eigenvalue weighted by molar-refractivity contribution is -0.107. The third kappa shape index (κ3) is 2.95. The lowest BCUT2D eigenvalue weighted by Gasteiger charge is -2.54. The Morgan fingerprint density at radius 1 is 1.43 bits per heavy atom. The van der Waals surface area contributed by atoms with E-state index in [1.165, 1.54) is 0 Å². The van der Waals surface area contributed by atoms with E-state index in [9.17, 15) is 4.79 Å². The molecule has 1 saturated heterocycles. The maximum atomic E-state index is 12.3. The molecule has 1 heterocycles. The summed E-state index contributed by atoms with van der Waals surface area (Å²) < 4.78 is 11.1. The van der Waals surface area contributed by atoms with E-state index in [0.29, 0.717) is 5.92 Å². The van der Waals surface area contributed by atoms with Gasteiger partial charge in [-0.15, -0.1) is 0 Å². The molecular weight excluding hydrogens is 292 g/mol. The fraction of sp³-hybridized carbons (Fsp3) is 0.611. The minimum absolute atomic E-state index is 0.00164. The van der Waals surface area contributed by atoms with E-state index in [2.05, 4.69) is 24.5 Å². The van der Waals surface area contributed by atoms with Gasteiger partial charge in [-0.1, -0.05) is 26.0 Å². The Balaban J connectivity index is 1.62. The number of amides is 2. The van der Waals surface area contributed by atoms with Gasteiger partial charge in [0, 0.05) is 36.8 Å². The van der Waals surface area contributed by atoms with E-state index in [1.54, 1.807) is 7.11 Å². The monoisotopic (exact) mass is 318 g/mol. The zero-order chi connectivity index (χ0) is 16.6. The molecule has 2 amide bonds. The maximum absolute atomic E-state index is 12.3. The van der Waals surface area contributed by atoms with Gasteiger partial charge in [-0.2, -0.15) is 0 Å². The lowest BCUT2D eigenvalue weighted by Crippen LogP contribution is -2.67. The molecule has 2 N–H and O–H groups in total. The molecule has 1 aliphatic heterocycles. The fourth-order valence-electron chi connectivity index (χ4n) is 3.93. The summed E-state index contributed by atoms with van der Waals surface area (Å²) in [7, 11) is 1.68. The van der Waals surface area contributed by atoms with Gasteiger partial charge < -0.3 is 20.1 Å². The number of hydrogen-bond donors (Lipinski definition) is 2. The Labute approximate surface area is 137 Å². The first-order valence-electron chi connectivity index (χ1n) is 8.25. The van der Waals surface area contributed by atoms with E-state index >= 15 is 0 Å². The Morgan fingerprint density at radius 3 is 2.96 bits per heavy atom. The van der Waals surface area contributed by atoms with Crippen molar-refractivity contribution >= 4 is 11.7 Å². The van der Waals surface area contributed by atoms with Crippen LogP contribution >= 0.6 is 0 Å². The van der Waals surface area contributed by atoms with Crippen molar-refractivity contribution in [1.82, 2.24) is 5.32 Å². The third-order valence-corrected chi connectivity index (χ3v) is 5.35. The summed E-state index contributed by atoms with van der Waals surface area (Å²) in [6.07, 6.45) is 1.31. The highest BCUT2D eigenvalue weighted by Gasteiger charge is 2.59. The molecule has 1 aromatic carbocycles. The number of rotatable bonds is 4. The van der Waals surface area contributed by atoms with Gasteiger partial charge in [0.15, 0.2) is 0 Å². The topological polar surface area (TPSA) is 59.6 Å². The first kappa shape index (κ1) is 16.3. The predicted molar refractivity (Wildman–Crippen MR) is 89.4 cm³/mol. The van der Waals surface area contributed by atoms with Crippen LogP contribution in [0.3, 0.4) is 0 Å². The van der Waals surface area contributed by atoms with Crippen molar-refractivity contribution in [2.75, 3.05) is 19.0 Å². The highest BCUT2D eigenvalue weighted by molar-refractivity contribution is 5.89. The average Bonchev–Trinajstić information content (AvgIpc) is 2.99. The lowest BCUT2D eigenvalue weighted by atomic mass is 9.57. The van der Waals surface area contributed by atoms with Crippen LogP contribution in [0.1, 0.15) is 38.9 Å². The van der Waals surface area contributed by atoms with Crippen molar-refractivity contribution in [3.63, 3.8) is 0 Å². The summed E-state index contributed by atoms with van der Waals surface area (Å²) >= 11 is 0. The molecule has 23 heavy (non-hydrogen) atoms. The van der Waals surface area contributed by atoms with Crippen LogP contribution in [0.5, 0.6) is 0 Å². The van der Waals surface area contributed by atoms with Crippen molar-refractivity contribution in [1.29, 1.82) is 0 Å². The van der Waals surface area contributed by atoms with Gasteiger partial charge >= 0.3 is 6.03 Å². The molecule has 0 unspecified atom stereocenters. The van der Waals surface area contributed by atoms with Crippen molar-refractivity contribution < 1.29 is 14.3 Å². The highest BCUT2D eigenvalue weighted by Crippen LogP contribution is 2.52. The van der Waals surface area contributed by atoms with Crippen LogP contribution in [0.4, 0.5) is 10.5 Å². The van der Waals surface area contributed by atoms with Crippen molar-refractivity contribution in [3.05, 3.63) is 29.8 Å². The largest absolute Gasteiger partial charge is 0.377 e. The summed E-state index contributed by atoms with van der Waals surface area (Å²) in [5, 5.41) is 6.06. The maximum Gasteiger partial charge on any atom is 0.319 e.